The van der Waals surface area contributed by atoms with Gasteiger partial charge in [-0.3, -0.25) is 9.69 Å². The lowest BCUT2D eigenvalue weighted by Crippen LogP contribution is -2.50. The number of Topliss-reactive ketones (excluding diaryl/α,β-unsaturated/α-hetero) is 1. The molecule has 1 fully saturated rings. The Kier molecular flexibility index (Phi) is 6.82. The predicted molar refractivity (Wildman–Crippen MR) is 121 cm³/mol. The van der Waals surface area contributed by atoms with Gasteiger partial charge in [-0.25, -0.2) is 8.42 Å². The van der Waals surface area contributed by atoms with Crippen LogP contribution in [0.4, 0.5) is 0 Å². The minimum Gasteiger partial charge on any atom is -0.491 e. The van der Waals surface area contributed by atoms with Gasteiger partial charge < -0.3 is 9.84 Å². The average molecular weight is 477 g/mol. The van der Waals surface area contributed by atoms with Crippen molar-refractivity contribution in [1.29, 1.82) is 0 Å². The Morgan fingerprint density at radius 1 is 1.12 bits per heavy atom. The highest BCUT2D eigenvalue weighted by Crippen LogP contribution is 2.25. The van der Waals surface area contributed by atoms with Crippen LogP contribution in [0, 0.1) is 0 Å². The van der Waals surface area contributed by atoms with E-state index in [1.807, 2.05) is 4.90 Å². The first-order valence-corrected chi connectivity index (χ1v) is 12.4. The Morgan fingerprint density at radius 2 is 1.84 bits per heavy atom. The molecule has 32 heavy (non-hydrogen) atoms. The fourth-order valence-corrected chi connectivity index (χ4v) is 5.78. The molecule has 3 aromatic rings. The lowest BCUT2D eigenvalue weighted by Gasteiger charge is -2.34. The number of ketones is 1. The van der Waals surface area contributed by atoms with Crippen molar-refractivity contribution in [3.8, 4) is 5.75 Å². The van der Waals surface area contributed by atoms with Crippen LogP contribution in [0.3, 0.4) is 0 Å². The van der Waals surface area contributed by atoms with Crippen molar-refractivity contribution in [3.63, 3.8) is 0 Å². The van der Waals surface area contributed by atoms with E-state index >= 15 is 0 Å². The van der Waals surface area contributed by atoms with Gasteiger partial charge in [0.1, 0.15) is 34.4 Å². The molecule has 2 heterocycles. The second-order valence-electron chi connectivity index (χ2n) is 7.64. The number of fused-ring (bicyclic) bond motifs is 1. The van der Waals surface area contributed by atoms with Gasteiger partial charge >= 0.3 is 0 Å². The SMILES string of the molecule is CC(=O)c1ccc(OC[C@@H](O)CN2CCN(S(=O)(=O)c3cccc4nsnc34)CC2)cc1. The van der Waals surface area contributed by atoms with Crippen LogP contribution >= 0.6 is 11.7 Å². The van der Waals surface area contributed by atoms with Crippen molar-refractivity contribution in [2.45, 2.75) is 17.9 Å². The Balaban J connectivity index is 1.29. The third-order valence-electron chi connectivity index (χ3n) is 5.37. The Bertz CT molecular complexity index is 1190. The normalized spacial score (nSPS) is 16.8. The molecule has 1 atom stereocenters. The molecule has 0 spiro atoms. The summed E-state index contributed by atoms with van der Waals surface area (Å²) in [4.78, 5) is 13.5. The van der Waals surface area contributed by atoms with Gasteiger partial charge in [-0.15, -0.1) is 0 Å². The number of piperazine rings is 1. The first-order chi connectivity index (χ1) is 15.3. The van der Waals surface area contributed by atoms with Gasteiger partial charge in [-0.1, -0.05) is 6.07 Å². The van der Waals surface area contributed by atoms with E-state index in [0.717, 1.165) is 11.7 Å². The van der Waals surface area contributed by atoms with Gasteiger partial charge in [0, 0.05) is 38.3 Å². The number of aromatic nitrogens is 2. The monoisotopic (exact) mass is 476 g/mol. The molecular formula is C21H24N4O5S2. The fraction of sp³-hybridized carbons (Fsp3) is 0.381. The van der Waals surface area contributed by atoms with E-state index in [1.54, 1.807) is 42.5 Å². The molecule has 1 aliphatic heterocycles. The number of benzene rings is 2. The number of carbonyl (C=O) groups is 1. The molecule has 0 bridgehead atoms. The quantitative estimate of drug-likeness (QED) is 0.488. The summed E-state index contributed by atoms with van der Waals surface area (Å²) in [5.41, 5.74) is 1.59. The number of hydrogen-bond acceptors (Lipinski definition) is 9. The summed E-state index contributed by atoms with van der Waals surface area (Å²) in [6, 6.07) is 11.8. The highest BCUT2D eigenvalue weighted by atomic mass is 32.2. The van der Waals surface area contributed by atoms with E-state index in [-0.39, 0.29) is 17.3 Å². The number of ether oxygens (including phenoxy) is 1. The van der Waals surface area contributed by atoms with Crippen molar-refractivity contribution >= 4 is 38.6 Å². The Morgan fingerprint density at radius 3 is 2.53 bits per heavy atom. The van der Waals surface area contributed by atoms with Crippen LogP contribution < -0.4 is 4.74 Å². The fourth-order valence-electron chi connectivity index (χ4n) is 3.61. The number of sulfonamides is 1. The number of β-amino-alcohol motifs (C(OH)–C–C–N with tert-alkyl or cyclic N) is 1. The molecule has 1 aromatic heterocycles. The molecule has 9 nitrogen and oxygen atoms in total. The molecule has 0 radical (unpaired) electrons. The third-order valence-corrected chi connectivity index (χ3v) is 7.84. The lowest BCUT2D eigenvalue weighted by molar-refractivity contribution is 0.0569. The van der Waals surface area contributed by atoms with Crippen LogP contribution in [0.15, 0.2) is 47.4 Å². The molecule has 4 rings (SSSR count). The summed E-state index contributed by atoms with van der Waals surface area (Å²) in [6.45, 7) is 3.67. The summed E-state index contributed by atoms with van der Waals surface area (Å²) in [6.07, 6.45) is -0.722. The van der Waals surface area contributed by atoms with E-state index < -0.39 is 16.1 Å². The molecule has 0 unspecified atom stereocenters. The molecule has 1 aliphatic rings. The van der Waals surface area contributed by atoms with Crippen LogP contribution in [-0.4, -0.2) is 82.7 Å². The number of aliphatic hydroxyl groups is 1. The zero-order chi connectivity index (χ0) is 22.7. The maximum absolute atomic E-state index is 13.1. The van der Waals surface area contributed by atoms with Crippen molar-refractivity contribution in [1.82, 2.24) is 18.0 Å². The standard InChI is InChI=1S/C21H24N4O5S2/c1-15(26)16-5-7-18(8-6-16)30-14-17(27)13-24-9-11-25(12-10-24)32(28,29)20-4-2-3-19-21(20)23-31-22-19/h2-8,17,27H,9-14H2,1H3/t17-/m0/s1. The largest absolute Gasteiger partial charge is 0.491 e. The van der Waals surface area contributed by atoms with Crippen LogP contribution in [-0.2, 0) is 10.0 Å². The zero-order valence-electron chi connectivity index (χ0n) is 17.5. The number of hydrogen-bond donors (Lipinski definition) is 1. The van der Waals surface area contributed by atoms with Gasteiger partial charge in [0.2, 0.25) is 10.0 Å². The average Bonchev–Trinajstić information content (AvgIpc) is 3.27. The van der Waals surface area contributed by atoms with Gasteiger partial charge in [-0.05, 0) is 43.3 Å². The van der Waals surface area contributed by atoms with E-state index in [4.69, 9.17) is 4.74 Å². The molecular weight excluding hydrogens is 452 g/mol. The van der Waals surface area contributed by atoms with Gasteiger partial charge in [0.15, 0.2) is 5.78 Å². The molecule has 11 heteroatoms. The molecule has 2 aromatic carbocycles. The summed E-state index contributed by atoms with van der Waals surface area (Å²) >= 11 is 0.996. The molecule has 1 saturated heterocycles. The van der Waals surface area contributed by atoms with Crippen LogP contribution in [0.1, 0.15) is 17.3 Å². The predicted octanol–water partition coefficient (Wildman–Crippen LogP) is 1.64. The first-order valence-electron chi connectivity index (χ1n) is 10.2. The maximum Gasteiger partial charge on any atom is 0.245 e. The van der Waals surface area contributed by atoms with Crippen LogP contribution in [0.25, 0.3) is 11.0 Å². The topological polar surface area (TPSA) is 113 Å². The van der Waals surface area contributed by atoms with E-state index in [9.17, 15) is 18.3 Å². The highest BCUT2D eigenvalue weighted by Gasteiger charge is 2.31. The maximum atomic E-state index is 13.1. The molecule has 0 saturated carbocycles. The minimum absolute atomic E-state index is 0.0160. The van der Waals surface area contributed by atoms with Gasteiger partial charge in [-0.2, -0.15) is 13.1 Å². The van der Waals surface area contributed by atoms with Crippen LogP contribution in [0.2, 0.25) is 0 Å². The smallest absolute Gasteiger partial charge is 0.245 e. The highest BCUT2D eigenvalue weighted by molar-refractivity contribution is 7.89. The third kappa shape index (κ3) is 4.97. The number of rotatable bonds is 8. The number of carbonyl (C=O) groups excluding carboxylic acids is 1. The summed E-state index contributed by atoms with van der Waals surface area (Å²) in [5, 5.41) is 10.3. The molecule has 0 amide bonds. The minimum atomic E-state index is -3.67. The second kappa shape index (κ2) is 9.59. The van der Waals surface area contributed by atoms with Crippen molar-refractivity contribution in [2.24, 2.45) is 0 Å². The van der Waals surface area contributed by atoms with Crippen molar-refractivity contribution in [2.75, 3.05) is 39.3 Å². The molecule has 0 aliphatic carbocycles. The van der Waals surface area contributed by atoms with Crippen LogP contribution in [0.5, 0.6) is 5.75 Å². The second-order valence-corrected chi connectivity index (χ2v) is 10.1. The summed E-state index contributed by atoms with van der Waals surface area (Å²) in [7, 11) is -3.67. The Hall–Kier alpha value is -2.44. The molecule has 1 N–H and O–H groups in total. The summed E-state index contributed by atoms with van der Waals surface area (Å²) in [5.74, 6) is 0.563. The van der Waals surface area contributed by atoms with E-state index in [0.29, 0.717) is 55.1 Å². The molecule has 170 valence electrons. The van der Waals surface area contributed by atoms with E-state index in [2.05, 4.69) is 8.75 Å². The van der Waals surface area contributed by atoms with Crippen molar-refractivity contribution in [3.05, 3.63) is 48.0 Å². The van der Waals surface area contributed by atoms with E-state index in [1.165, 1.54) is 11.2 Å². The summed E-state index contributed by atoms with van der Waals surface area (Å²) < 4.78 is 41.5. The lowest BCUT2D eigenvalue weighted by atomic mass is 10.1. The number of nitrogens with zero attached hydrogens (tertiary/aromatic N) is 4. The van der Waals surface area contributed by atoms with Crippen molar-refractivity contribution < 1.29 is 23.1 Å². The zero-order valence-corrected chi connectivity index (χ0v) is 19.2. The Labute approximate surface area is 190 Å². The van der Waals surface area contributed by atoms with Gasteiger partial charge in [0.05, 0.1) is 11.7 Å². The first kappa shape index (κ1) is 22.7. The van der Waals surface area contributed by atoms with Gasteiger partial charge in [0.25, 0.3) is 0 Å². The number of aliphatic hydroxyl groups excluding tert-OH is 1.